The molecule has 1 aliphatic heterocycles. The summed E-state index contributed by atoms with van der Waals surface area (Å²) in [6.45, 7) is 1.53. The van der Waals surface area contributed by atoms with E-state index in [0.29, 0.717) is 17.2 Å². The summed E-state index contributed by atoms with van der Waals surface area (Å²) in [4.78, 5) is 13.3. The minimum Gasteiger partial charge on any atom is -0.465 e. The van der Waals surface area contributed by atoms with E-state index in [1.807, 2.05) is 0 Å². The van der Waals surface area contributed by atoms with Crippen LogP contribution >= 0.6 is 23.6 Å². The number of aryl methyl sites for hydroxylation is 1. The number of carbonyl (C=O) groups excluding carboxylic acids is 1. The van der Waals surface area contributed by atoms with Crippen LogP contribution in [0.2, 0.25) is 0 Å². The molecule has 0 saturated carbocycles. The minimum atomic E-state index is -0.288. The molecule has 2 aliphatic rings. The van der Waals surface area contributed by atoms with Crippen LogP contribution in [0.15, 0.2) is 0 Å². The number of hydrogen-bond donors (Lipinski definition) is 2. The van der Waals surface area contributed by atoms with Crippen LogP contribution in [0.4, 0.5) is 5.00 Å². The van der Waals surface area contributed by atoms with Crippen molar-refractivity contribution in [3.05, 3.63) is 16.0 Å². The average Bonchev–Trinajstić information content (AvgIpc) is 3.21. The van der Waals surface area contributed by atoms with Gasteiger partial charge in [-0.3, -0.25) is 0 Å². The standard InChI is InChI=1S/C15H20N2O3S2/c1-19-14(18)12-10-5-2-6-11(10)22-13(12)17-15(21)16-8-9-4-3-7-20-9/h9H,2-8H2,1H3,(H2,16,17,21). The molecule has 0 aromatic carbocycles. The van der Waals surface area contributed by atoms with E-state index in [4.69, 9.17) is 21.7 Å². The molecule has 1 unspecified atom stereocenters. The number of fused-ring (bicyclic) bond motifs is 1. The molecule has 0 spiro atoms. The Morgan fingerprint density at radius 1 is 1.45 bits per heavy atom. The lowest BCUT2D eigenvalue weighted by Gasteiger charge is -2.14. The largest absolute Gasteiger partial charge is 0.465 e. The molecule has 120 valence electrons. The van der Waals surface area contributed by atoms with Crippen molar-refractivity contribution in [1.82, 2.24) is 5.32 Å². The second kappa shape index (κ2) is 6.93. The number of hydrogen-bond acceptors (Lipinski definition) is 5. The summed E-state index contributed by atoms with van der Waals surface area (Å²) in [6, 6.07) is 0. The van der Waals surface area contributed by atoms with Crippen molar-refractivity contribution in [2.24, 2.45) is 0 Å². The molecule has 0 amide bonds. The van der Waals surface area contributed by atoms with Crippen LogP contribution in [-0.4, -0.2) is 37.4 Å². The zero-order valence-corrected chi connectivity index (χ0v) is 14.2. The molecule has 1 atom stereocenters. The quantitative estimate of drug-likeness (QED) is 0.649. The second-order valence-electron chi connectivity index (χ2n) is 5.52. The number of carbonyl (C=O) groups is 1. The van der Waals surface area contributed by atoms with E-state index >= 15 is 0 Å². The zero-order chi connectivity index (χ0) is 15.5. The summed E-state index contributed by atoms with van der Waals surface area (Å²) >= 11 is 6.94. The number of rotatable bonds is 4. The van der Waals surface area contributed by atoms with Crippen LogP contribution in [-0.2, 0) is 22.3 Å². The van der Waals surface area contributed by atoms with Crippen LogP contribution in [0.5, 0.6) is 0 Å². The van der Waals surface area contributed by atoms with Gasteiger partial charge in [-0.2, -0.15) is 0 Å². The third-order valence-corrected chi connectivity index (χ3v) is 5.51. The fraction of sp³-hybridized carbons (Fsp3) is 0.600. The number of esters is 1. The molecule has 1 fully saturated rings. The van der Waals surface area contributed by atoms with Crippen molar-refractivity contribution < 1.29 is 14.3 Å². The highest BCUT2D eigenvalue weighted by atomic mass is 32.1. The van der Waals surface area contributed by atoms with E-state index in [2.05, 4.69) is 10.6 Å². The SMILES string of the molecule is COC(=O)c1c(NC(=S)NCC2CCCO2)sc2c1CCC2. The zero-order valence-electron chi connectivity index (χ0n) is 12.6. The Labute approximate surface area is 139 Å². The molecule has 1 aromatic rings. The van der Waals surface area contributed by atoms with Crippen LogP contribution in [0, 0.1) is 0 Å². The summed E-state index contributed by atoms with van der Waals surface area (Å²) in [5.74, 6) is -0.288. The molecule has 5 nitrogen and oxygen atoms in total. The normalized spacial score (nSPS) is 19.8. The first-order valence-electron chi connectivity index (χ1n) is 7.58. The highest BCUT2D eigenvalue weighted by Gasteiger charge is 2.27. The van der Waals surface area contributed by atoms with Gasteiger partial charge in [-0.1, -0.05) is 0 Å². The Kier molecular flexibility index (Phi) is 4.95. The van der Waals surface area contributed by atoms with Crippen LogP contribution in [0.1, 0.15) is 40.1 Å². The van der Waals surface area contributed by atoms with Crippen LogP contribution < -0.4 is 10.6 Å². The van der Waals surface area contributed by atoms with Gasteiger partial charge >= 0.3 is 5.97 Å². The first kappa shape index (κ1) is 15.7. The molecule has 0 bridgehead atoms. The Balaban J connectivity index is 1.66. The lowest BCUT2D eigenvalue weighted by molar-refractivity contribution is 0.0601. The molecule has 1 aromatic heterocycles. The Hall–Kier alpha value is -1.18. The van der Waals surface area contributed by atoms with Crippen LogP contribution in [0.25, 0.3) is 0 Å². The van der Waals surface area contributed by atoms with Gasteiger partial charge in [0.25, 0.3) is 0 Å². The minimum absolute atomic E-state index is 0.230. The molecular formula is C15H20N2O3S2. The van der Waals surface area contributed by atoms with Crippen molar-refractivity contribution >= 4 is 39.6 Å². The van der Waals surface area contributed by atoms with Gasteiger partial charge in [0.15, 0.2) is 5.11 Å². The average molecular weight is 340 g/mol. The number of thiophene rings is 1. The molecule has 2 heterocycles. The van der Waals surface area contributed by atoms with Gasteiger partial charge in [-0.25, -0.2) is 4.79 Å². The molecule has 3 rings (SSSR count). The van der Waals surface area contributed by atoms with E-state index in [9.17, 15) is 4.79 Å². The Morgan fingerprint density at radius 2 is 2.32 bits per heavy atom. The van der Waals surface area contributed by atoms with E-state index in [0.717, 1.165) is 49.3 Å². The fourth-order valence-electron chi connectivity index (χ4n) is 2.97. The highest BCUT2D eigenvalue weighted by molar-refractivity contribution is 7.80. The van der Waals surface area contributed by atoms with Gasteiger partial charge in [0, 0.05) is 18.0 Å². The molecule has 0 radical (unpaired) electrons. The highest BCUT2D eigenvalue weighted by Crippen LogP contribution is 2.39. The number of thiocarbonyl (C=S) groups is 1. The van der Waals surface area contributed by atoms with Gasteiger partial charge in [0.1, 0.15) is 5.00 Å². The lowest BCUT2D eigenvalue weighted by Crippen LogP contribution is -2.35. The Morgan fingerprint density at radius 3 is 3.05 bits per heavy atom. The third kappa shape index (κ3) is 3.26. The molecular weight excluding hydrogens is 320 g/mol. The van der Waals surface area contributed by atoms with Crippen molar-refractivity contribution in [2.75, 3.05) is 25.6 Å². The monoisotopic (exact) mass is 340 g/mol. The first-order valence-corrected chi connectivity index (χ1v) is 8.81. The van der Waals surface area contributed by atoms with Crippen molar-refractivity contribution in [1.29, 1.82) is 0 Å². The number of nitrogens with one attached hydrogen (secondary N) is 2. The smallest absolute Gasteiger partial charge is 0.341 e. The van der Waals surface area contributed by atoms with Gasteiger partial charge in [-0.15, -0.1) is 11.3 Å². The van der Waals surface area contributed by atoms with Crippen molar-refractivity contribution in [3.63, 3.8) is 0 Å². The van der Waals surface area contributed by atoms with E-state index < -0.39 is 0 Å². The molecule has 1 saturated heterocycles. The summed E-state index contributed by atoms with van der Waals surface area (Å²) in [5, 5.41) is 7.65. The van der Waals surface area contributed by atoms with Crippen molar-refractivity contribution in [3.8, 4) is 0 Å². The lowest BCUT2D eigenvalue weighted by atomic mass is 10.1. The summed E-state index contributed by atoms with van der Waals surface area (Å²) in [5.41, 5.74) is 1.78. The van der Waals surface area contributed by atoms with Gasteiger partial charge < -0.3 is 20.1 Å². The summed E-state index contributed by atoms with van der Waals surface area (Å²) in [7, 11) is 1.42. The third-order valence-electron chi connectivity index (χ3n) is 4.05. The van der Waals surface area contributed by atoms with Gasteiger partial charge in [0.05, 0.1) is 18.8 Å². The second-order valence-corrected chi connectivity index (χ2v) is 7.04. The first-order chi connectivity index (χ1) is 10.7. The molecule has 7 heteroatoms. The maximum absolute atomic E-state index is 12.1. The van der Waals surface area contributed by atoms with Crippen LogP contribution in [0.3, 0.4) is 0 Å². The summed E-state index contributed by atoms with van der Waals surface area (Å²) < 4.78 is 10.5. The predicted molar refractivity (Wildman–Crippen MR) is 90.9 cm³/mol. The van der Waals surface area contributed by atoms with E-state index in [-0.39, 0.29) is 12.1 Å². The van der Waals surface area contributed by atoms with Gasteiger partial charge in [-0.05, 0) is 49.9 Å². The Bertz CT molecular complexity index is 580. The number of anilines is 1. The van der Waals surface area contributed by atoms with Crippen molar-refractivity contribution in [2.45, 2.75) is 38.2 Å². The number of ether oxygens (including phenoxy) is 2. The predicted octanol–water partition coefficient (Wildman–Crippen LogP) is 2.49. The molecule has 1 aliphatic carbocycles. The van der Waals surface area contributed by atoms with E-state index in [1.165, 1.54) is 12.0 Å². The van der Waals surface area contributed by atoms with E-state index in [1.54, 1.807) is 11.3 Å². The summed E-state index contributed by atoms with van der Waals surface area (Å²) in [6.07, 6.45) is 5.48. The maximum Gasteiger partial charge on any atom is 0.341 e. The molecule has 22 heavy (non-hydrogen) atoms. The fourth-order valence-corrected chi connectivity index (χ4v) is 4.50. The maximum atomic E-state index is 12.1. The number of methoxy groups -OCH3 is 1. The topological polar surface area (TPSA) is 59.6 Å². The van der Waals surface area contributed by atoms with Gasteiger partial charge in [0.2, 0.25) is 0 Å². The molecule has 2 N–H and O–H groups in total.